The Bertz CT molecular complexity index is 809. The first-order valence-corrected chi connectivity index (χ1v) is 10.4. The van der Waals surface area contributed by atoms with Gasteiger partial charge in [-0.2, -0.15) is 0 Å². The van der Waals surface area contributed by atoms with Crippen LogP contribution in [-0.4, -0.2) is 42.1 Å². The summed E-state index contributed by atoms with van der Waals surface area (Å²) in [6.07, 6.45) is 5.93. The average Bonchev–Trinajstić information content (AvgIpc) is 3.57. The van der Waals surface area contributed by atoms with Gasteiger partial charge in [-0.3, -0.25) is 4.79 Å². The van der Waals surface area contributed by atoms with Crippen LogP contribution < -0.4 is 5.32 Å². The highest BCUT2D eigenvalue weighted by atomic mass is 16.6. The number of likely N-dealkylation sites (tertiary alicyclic amines) is 1. The molecule has 0 aromatic heterocycles. The number of benzene rings is 1. The minimum absolute atomic E-state index is 0.0650. The number of alkyl carbamates (subject to hydrolysis) is 1. The molecule has 0 radical (unpaired) electrons. The molecule has 2 saturated heterocycles. The molecule has 6 rings (SSSR count). The van der Waals surface area contributed by atoms with Crippen molar-refractivity contribution in [3.8, 4) is 0 Å². The highest BCUT2D eigenvalue weighted by molar-refractivity contribution is 5.82. The minimum Gasteiger partial charge on any atom is -0.449 e. The lowest BCUT2D eigenvalue weighted by Gasteiger charge is -2.49. The van der Waals surface area contributed by atoms with E-state index in [0.717, 1.165) is 38.3 Å². The van der Waals surface area contributed by atoms with Gasteiger partial charge in [0.15, 0.2) is 0 Å². The van der Waals surface area contributed by atoms with Crippen molar-refractivity contribution in [1.82, 2.24) is 10.2 Å². The Morgan fingerprint density at radius 3 is 2.63 bits per heavy atom. The monoisotopic (exact) mass is 366 g/mol. The third kappa shape index (κ3) is 2.43. The number of carbonyl (C=O) groups excluding carboxylic acids is 2. The van der Waals surface area contributed by atoms with E-state index in [9.17, 15) is 9.59 Å². The van der Waals surface area contributed by atoms with Crippen LogP contribution in [0, 0.1) is 11.8 Å². The number of fused-ring (bicyclic) bond motifs is 1. The van der Waals surface area contributed by atoms with Gasteiger partial charge in [0.1, 0.15) is 0 Å². The molecule has 5 aliphatic rings. The van der Waals surface area contributed by atoms with E-state index in [4.69, 9.17) is 4.74 Å². The number of amides is 2. The second kappa shape index (κ2) is 5.27. The molecule has 2 aliphatic heterocycles. The van der Waals surface area contributed by atoms with E-state index in [1.54, 1.807) is 0 Å². The van der Waals surface area contributed by atoms with Crippen molar-refractivity contribution in [3.63, 3.8) is 0 Å². The first-order chi connectivity index (χ1) is 13.1. The Morgan fingerprint density at radius 2 is 1.93 bits per heavy atom. The molecule has 1 spiro atoms. The summed E-state index contributed by atoms with van der Waals surface area (Å²) in [5.74, 6) is 1.78. The first kappa shape index (κ1) is 16.0. The fourth-order valence-electron chi connectivity index (χ4n) is 5.88. The minimum atomic E-state index is -0.330. The lowest BCUT2D eigenvalue weighted by atomic mass is 9.65. The second-order valence-corrected chi connectivity index (χ2v) is 9.57. The maximum absolute atomic E-state index is 13.0. The molecule has 5 nitrogen and oxygen atoms in total. The van der Waals surface area contributed by atoms with Crippen LogP contribution in [-0.2, 0) is 14.9 Å². The number of cyclic esters (lactones) is 1. The van der Waals surface area contributed by atoms with Gasteiger partial charge >= 0.3 is 6.09 Å². The number of nitrogens with one attached hydrogen (secondary N) is 1. The van der Waals surface area contributed by atoms with E-state index >= 15 is 0 Å². The Balaban J connectivity index is 1.11. The van der Waals surface area contributed by atoms with Gasteiger partial charge in [0.05, 0.1) is 6.61 Å². The predicted octanol–water partition coefficient (Wildman–Crippen LogP) is 2.94. The molecule has 2 unspecified atom stereocenters. The van der Waals surface area contributed by atoms with Crippen molar-refractivity contribution < 1.29 is 14.3 Å². The molecule has 2 heterocycles. The van der Waals surface area contributed by atoms with Gasteiger partial charge in [-0.1, -0.05) is 24.3 Å². The molecule has 1 N–H and O–H groups in total. The number of carbonyl (C=O) groups is 2. The summed E-state index contributed by atoms with van der Waals surface area (Å²) in [6.45, 7) is 2.25. The van der Waals surface area contributed by atoms with E-state index in [1.165, 1.54) is 30.4 Å². The van der Waals surface area contributed by atoms with Gasteiger partial charge in [-0.25, -0.2) is 4.79 Å². The maximum atomic E-state index is 13.0. The van der Waals surface area contributed by atoms with Gasteiger partial charge < -0.3 is 15.0 Å². The van der Waals surface area contributed by atoms with Crippen LogP contribution in [0.4, 0.5) is 4.79 Å². The van der Waals surface area contributed by atoms with Crippen molar-refractivity contribution in [2.75, 3.05) is 19.7 Å². The summed E-state index contributed by atoms with van der Waals surface area (Å²) >= 11 is 0. The fourth-order valence-corrected chi connectivity index (χ4v) is 5.88. The molecule has 3 saturated carbocycles. The molecule has 142 valence electrons. The summed E-state index contributed by atoms with van der Waals surface area (Å²) in [4.78, 5) is 26.6. The van der Waals surface area contributed by atoms with Gasteiger partial charge in [-0.05, 0) is 55.1 Å². The van der Waals surface area contributed by atoms with Crippen molar-refractivity contribution in [1.29, 1.82) is 0 Å². The normalized spacial score (nSPS) is 39.4. The number of piperidine rings is 1. The van der Waals surface area contributed by atoms with Crippen molar-refractivity contribution in [3.05, 3.63) is 35.4 Å². The van der Waals surface area contributed by atoms with Crippen LogP contribution >= 0.6 is 0 Å². The van der Waals surface area contributed by atoms with Crippen LogP contribution in [0.2, 0.25) is 0 Å². The smallest absolute Gasteiger partial charge is 0.407 e. The van der Waals surface area contributed by atoms with Crippen LogP contribution in [0.5, 0.6) is 0 Å². The van der Waals surface area contributed by atoms with Crippen LogP contribution in [0.25, 0.3) is 0 Å². The second-order valence-electron chi connectivity index (χ2n) is 9.57. The van der Waals surface area contributed by atoms with Crippen LogP contribution in [0.1, 0.15) is 55.6 Å². The molecule has 5 fully saturated rings. The Morgan fingerprint density at radius 1 is 1.15 bits per heavy atom. The zero-order valence-corrected chi connectivity index (χ0v) is 15.6. The highest BCUT2D eigenvalue weighted by Gasteiger charge is 2.62. The van der Waals surface area contributed by atoms with Crippen molar-refractivity contribution in [2.24, 2.45) is 11.8 Å². The molecule has 1 aromatic rings. The maximum Gasteiger partial charge on any atom is 0.407 e. The Hall–Kier alpha value is -2.04. The summed E-state index contributed by atoms with van der Waals surface area (Å²) < 4.78 is 4.97. The third-order valence-electron chi connectivity index (χ3n) is 7.80. The van der Waals surface area contributed by atoms with Gasteiger partial charge in [0, 0.05) is 36.4 Å². The fraction of sp³-hybridized carbons (Fsp3) is 0.636. The molecular formula is C22H26N2O3. The molecule has 2 amide bonds. The molecule has 1 aromatic carbocycles. The molecule has 5 heteroatoms. The summed E-state index contributed by atoms with van der Waals surface area (Å²) in [5, 5.41) is 2.94. The van der Waals surface area contributed by atoms with E-state index in [2.05, 4.69) is 34.5 Å². The van der Waals surface area contributed by atoms with Crippen LogP contribution in [0.3, 0.4) is 0 Å². The zero-order chi connectivity index (χ0) is 18.2. The molecular weight excluding hydrogens is 340 g/mol. The van der Waals surface area contributed by atoms with Gasteiger partial charge in [0.25, 0.3) is 0 Å². The van der Waals surface area contributed by atoms with Crippen LogP contribution in [0.15, 0.2) is 24.3 Å². The standard InChI is InChI=1S/C22H26N2O3/c25-19(16-9-21(10-16)7-8-27-20(26)23-21)24-12-18-11-22(18,13-24)17-5-3-15(4-6-17)14-1-2-14/h3-6,14,16,18H,1-2,7-13H2,(H,23,26). The van der Waals surface area contributed by atoms with E-state index in [1.807, 2.05) is 0 Å². The summed E-state index contributed by atoms with van der Waals surface area (Å²) in [5.41, 5.74) is 2.94. The Kier molecular flexibility index (Phi) is 3.12. The lowest BCUT2D eigenvalue weighted by Crippen LogP contribution is -2.63. The van der Waals surface area contributed by atoms with Gasteiger partial charge in [-0.15, -0.1) is 0 Å². The van der Waals surface area contributed by atoms with Crippen molar-refractivity contribution >= 4 is 12.0 Å². The van der Waals surface area contributed by atoms with E-state index in [0.29, 0.717) is 18.4 Å². The number of hydrogen-bond donors (Lipinski definition) is 1. The molecule has 27 heavy (non-hydrogen) atoms. The van der Waals surface area contributed by atoms with Crippen molar-refractivity contribution in [2.45, 2.75) is 55.4 Å². The number of hydrogen-bond acceptors (Lipinski definition) is 3. The largest absolute Gasteiger partial charge is 0.449 e. The number of nitrogens with zero attached hydrogens (tertiary/aromatic N) is 1. The van der Waals surface area contributed by atoms with E-state index < -0.39 is 0 Å². The topological polar surface area (TPSA) is 58.6 Å². The summed E-state index contributed by atoms with van der Waals surface area (Å²) in [6, 6.07) is 9.26. The highest BCUT2D eigenvalue weighted by Crippen LogP contribution is 2.60. The zero-order valence-electron chi connectivity index (χ0n) is 15.6. The van der Waals surface area contributed by atoms with Gasteiger partial charge in [0.2, 0.25) is 5.91 Å². The molecule has 0 bridgehead atoms. The lowest BCUT2D eigenvalue weighted by molar-refractivity contribution is -0.141. The number of rotatable bonds is 3. The molecule has 2 atom stereocenters. The first-order valence-electron chi connectivity index (χ1n) is 10.4. The quantitative estimate of drug-likeness (QED) is 0.895. The average molecular weight is 366 g/mol. The van der Waals surface area contributed by atoms with E-state index in [-0.39, 0.29) is 23.0 Å². The third-order valence-corrected chi connectivity index (χ3v) is 7.80. The number of ether oxygens (including phenoxy) is 1. The predicted molar refractivity (Wildman–Crippen MR) is 99.3 cm³/mol. The SMILES string of the molecule is O=C1NC2(CCO1)CC(C(=O)N1CC3CC3(c3ccc(C4CC4)cc3)C1)C2. The molecule has 3 aliphatic carbocycles. The Labute approximate surface area is 159 Å². The summed E-state index contributed by atoms with van der Waals surface area (Å²) in [7, 11) is 0.